The molecule has 0 aromatic heterocycles. The first-order valence-corrected chi connectivity index (χ1v) is 8.06. The first-order chi connectivity index (χ1) is 12.3. The number of hydrogen-bond donors (Lipinski definition) is 1. The van der Waals surface area contributed by atoms with E-state index in [9.17, 15) is 18.0 Å². The number of alkyl halides is 3. The molecule has 0 unspecified atom stereocenters. The normalized spacial score (nSPS) is 11.3. The summed E-state index contributed by atoms with van der Waals surface area (Å²) in [6.45, 7) is 2.51. The van der Waals surface area contributed by atoms with Gasteiger partial charge in [0.25, 0.3) is 5.91 Å². The van der Waals surface area contributed by atoms with Gasteiger partial charge in [0, 0.05) is 23.9 Å². The van der Waals surface area contributed by atoms with Crippen LogP contribution in [-0.2, 0) is 17.5 Å². The molecular weight excluding hydrogens is 371 g/mol. The Morgan fingerprint density at radius 1 is 1.19 bits per heavy atom. The van der Waals surface area contributed by atoms with Gasteiger partial charge in [-0.3, -0.25) is 4.79 Å². The molecule has 0 radical (unpaired) electrons. The van der Waals surface area contributed by atoms with E-state index in [-0.39, 0.29) is 17.9 Å². The molecular formula is C18H17ClF3NO3. The lowest BCUT2D eigenvalue weighted by molar-refractivity contribution is -0.137. The third-order valence-corrected chi connectivity index (χ3v) is 3.78. The number of rotatable bonds is 6. The number of halogens is 4. The van der Waals surface area contributed by atoms with Gasteiger partial charge in [0.05, 0.1) is 23.8 Å². The summed E-state index contributed by atoms with van der Waals surface area (Å²) in [5, 5.41) is 2.01. The average Bonchev–Trinajstić information content (AvgIpc) is 2.57. The van der Waals surface area contributed by atoms with Gasteiger partial charge in [-0.25, -0.2) is 0 Å². The number of amides is 1. The van der Waals surface area contributed by atoms with Crippen LogP contribution in [0.2, 0.25) is 5.02 Å². The second-order valence-corrected chi connectivity index (χ2v) is 5.74. The maximum atomic E-state index is 12.9. The molecule has 4 nitrogen and oxygen atoms in total. The van der Waals surface area contributed by atoms with Crippen LogP contribution in [0, 0.1) is 0 Å². The fourth-order valence-electron chi connectivity index (χ4n) is 2.31. The van der Waals surface area contributed by atoms with E-state index in [1.165, 1.54) is 19.2 Å². The topological polar surface area (TPSA) is 47.6 Å². The Hall–Kier alpha value is -2.25. The van der Waals surface area contributed by atoms with Gasteiger partial charge in [-0.05, 0) is 43.3 Å². The molecule has 0 aliphatic carbocycles. The zero-order valence-corrected chi connectivity index (χ0v) is 14.9. The van der Waals surface area contributed by atoms with Gasteiger partial charge >= 0.3 is 6.18 Å². The van der Waals surface area contributed by atoms with Crippen LogP contribution in [0.4, 0.5) is 18.9 Å². The van der Waals surface area contributed by atoms with E-state index in [4.69, 9.17) is 21.1 Å². The van der Waals surface area contributed by atoms with E-state index in [1.807, 2.05) is 6.92 Å². The number of nitrogens with one attached hydrogen (secondary N) is 1. The average molecular weight is 388 g/mol. The van der Waals surface area contributed by atoms with E-state index < -0.39 is 22.7 Å². The van der Waals surface area contributed by atoms with E-state index in [2.05, 4.69) is 5.32 Å². The fraction of sp³-hybridized carbons (Fsp3) is 0.278. The van der Waals surface area contributed by atoms with Crippen LogP contribution >= 0.6 is 11.6 Å². The molecule has 0 heterocycles. The molecule has 1 N–H and O–H groups in total. The molecule has 0 aliphatic heterocycles. The summed E-state index contributed by atoms with van der Waals surface area (Å²) in [7, 11) is 1.51. The lowest BCUT2D eigenvalue weighted by Crippen LogP contribution is -2.14. The Kier molecular flexibility index (Phi) is 6.50. The zero-order chi connectivity index (χ0) is 19.3. The highest BCUT2D eigenvalue weighted by Crippen LogP contribution is 2.36. The molecule has 2 rings (SSSR count). The molecule has 2 aromatic rings. The van der Waals surface area contributed by atoms with Gasteiger partial charge in [0.15, 0.2) is 0 Å². The van der Waals surface area contributed by atoms with Gasteiger partial charge in [-0.1, -0.05) is 11.6 Å². The van der Waals surface area contributed by atoms with Crippen molar-refractivity contribution in [2.75, 3.05) is 19.0 Å². The van der Waals surface area contributed by atoms with Crippen molar-refractivity contribution >= 4 is 23.2 Å². The number of hydrogen-bond acceptors (Lipinski definition) is 3. The van der Waals surface area contributed by atoms with Gasteiger partial charge in [0.2, 0.25) is 0 Å². The molecule has 140 valence electrons. The second kappa shape index (κ2) is 8.42. The highest BCUT2D eigenvalue weighted by atomic mass is 35.5. The minimum Gasteiger partial charge on any atom is -0.494 e. The van der Waals surface area contributed by atoms with E-state index in [0.717, 1.165) is 12.1 Å². The molecule has 0 aliphatic rings. The van der Waals surface area contributed by atoms with Crippen molar-refractivity contribution in [3.8, 4) is 5.75 Å². The maximum Gasteiger partial charge on any atom is 0.417 e. The molecule has 0 saturated heterocycles. The third-order valence-electron chi connectivity index (χ3n) is 3.45. The minimum absolute atomic E-state index is 0.00565. The summed E-state index contributed by atoms with van der Waals surface area (Å²) in [5.74, 6) is 0.0256. The van der Waals surface area contributed by atoms with Crippen molar-refractivity contribution < 1.29 is 27.4 Å². The third kappa shape index (κ3) is 4.89. The predicted molar refractivity (Wildman–Crippen MR) is 92.7 cm³/mol. The summed E-state index contributed by atoms with van der Waals surface area (Å²) >= 11 is 5.58. The largest absolute Gasteiger partial charge is 0.494 e. The Bertz CT molecular complexity index is 794. The molecule has 0 spiro atoms. The van der Waals surface area contributed by atoms with Crippen molar-refractivity contribution in [2.45, 2.75) is 19.7 Å². The molecule has 0 atom stereocenters. The molecule has 1 amide bonds. The molecule has 2 aromatic carbocycles. The van der Waals surface area contributed by atoms with Crippen LogP contribution in [0.5, 0.6) is 5.75 Å². The highest BCUT2D eigenvalue weighted by molar-refractivity contribution is 6.31. The SMILES string of the molecule is CCOc1ccc(C(=O)Nc2ccc(Cl)c(C(F)(F)F)c2)cc1COC. The van der Waals surface area contributed by atoms with Gasteiger partial charge in [-0.2, -0.15) is 13.2 Å². The molecule has 0 bridgehead atoms. The van der Waals surface area contributed by atoms with Crippen LogP contribution in [0.25, 0.3) is 0 Å². The van der Waals surface area contributed by atoms with Crippen molar-refractivity contribution in [1.29, 1.82) is 0 Å². The van der Waals surface area contributed by atoms with Crippen molar-refractivity contribution in [2.24, 2.45) is 0 Å². The van der Waals surface area contributed by atoms with E-state index >= 15 is 0 Å². The Labute approximate surface area is 153 Å². The summed E-state index contributed by atoms with van der Waals surface area (Å²) in [4.78, 5) is 12.4. The number of ether oxygens (including phenoxy) is 2. The van der Waals surface area contributed by atoms with Gasteiger partial charge < -0.3 is 14.8 Å². The first kappa shape index (κ1) is 20.1. The Morgan fingerprint density at radius 3 is 2.54 bits per heavy atom. The van der Waals surface area contributed by atoms with Crippen LogP contribution in [0.1, 0.15) is 28.4 Å². The van der Waals surface area contributed by atoms with E-state index in [0.29, 0.717) is 17.9 Å². The minimum atomic E-state index is -4.61. The summed E-state index contributed by atoms with van der Waals surface area (Å²) in [6, 6.07) is 7.92. The first-order valence-electron chi connectivity index (χ1n) is 7.69. The van der Waals surface area contributed by atoms with Crippen LogP contribution in [0.3, 0.4) is 0 Å². The van der Waals surface area contributed by atoms with Gasteiger partial charge in [-0.15, -0.1) is 0 Å². The number of carbonyl (C=O) groups is 1. The van der Waals surface area contributed by atoms with Crippen molar-refractivity contribution in [1.82, 2.24) is 0 Å². The molecule has 26 heavy (non-hydrogen) atoms. The van der Waals surface area contributed by atoms with Crippen molar-refractivity contribution in [3.05, 3.63) is 58.1 Å². The lowest BCUT2D eigenvalue weighted by Gasteiger charge is -2.13. The molecule has 0 fully saturated rings. The number of carbonyl (C=O) groups excluding carboxylic acids is 1. The van der Waals surface area contributed by atoms with Crippen molar-refractivity contribution in [3.63, 3.8) is 0 Å². The highest BCUT2D eigenvalue weighted by Gasteiger charge is 2.33. The summed E-state index contributed by atoms with van der Waals surface area (Å²) in [5.41, 5.74) is -0.0873. The predicted octanol–water partition coefficient (Wildman–Crippen LogP) is 5.16. The molecule has 0 saturated carbocycles. The van der Waals surface area contributed by atoms with Crippen LogP contribution < -0.4 is 10.1 Å². The molecule has 8 heteroatoms. The zero-order valence-electron chi connectivity index (χ0n) is 14.1. The van der Waals surface area contributed by atoms with Gasteiger partial charge in [0.1, 0.15) is 5.75 Å². The number of benzene rings is 2. The van der Waals surface area contributed by atoms with Crippen LogP contribution in [0.15, 0.2) is 36.4 Å². The lowest BCUT2D eigenvalue weighted by atomic mass is 10.1. The quantitative estimate of drug-likeness (QED) is 0.745. The van der Waals surface area contributed by atoms with Crippen LogP contribution in [-0.4, -0.2) is 19.6 Å². The smallest absolute Gasteiger partial charge is 0.417 e. The number of anilines is 1. The van der Waals surface area contributed by atoms with E-state index in [1.54, 1.807) is 12.1 Å². The maximum absolute atomic E-state index is 12.9. The fourth-order valence-corrected chi connectivity index (χ4v) is 2.53. The monoisotopic (exact) mass is 387 g/mol. The second-order valence-electron chi connectivity index (χ2n) is 5.34. The summed E-state index contributed by atoms with van der Waals surface area (Å²) < 4.78 is 49.3. The Morgan fingerprint density at radius 2 is 1.92 bits per heavy atom. The summed E-state index contributed by atoms with van der Waals surface area (Å²) in [6.07, 6.45) is -4.61. The standard InChI is InChI=1S/C18H17ClF3NO3/c1-3-26-16-7-4-11(8-12(16)10-25-2)17(24)23-13-5-6-15(19)14(9-13)18(20,21)22/h4-9H,3,10H2,1-2H3,(H,23,24). The Balaban J connectivity index is 2.26. The number of methoxy groups -OCH3 is 1.